The first-order valence-corrected chi connectivity index (χ1v) is 6.46. The summed E-state index contributed by atoms with van der Waals surface area (Å²) < 4.78 is 11.3. The Labute approximate surface area is 115 Å². The molecule has 2 aromatic rings. The Hall–Kier alpha value is -1.96. The summed E-state index contributed by atoms with van der Waals surface area (Å²) in [6.45, 7) is 8.46. The summed E-state index contributed by atoms with van der Waals surface area (Å²) in [5.74, 6) is 1.74. The van der Waals surface area contributed by atoms with Crippen molar-refractivity contribution in [3.63, 3.8) is 0 Å². The van der Waals surface area contributed by atoms with Crippen molar-refractivity contribution in [3.8, 4) is 11.5 Å². The van der Waals surface area contributed by atoms with Gasteiger partial charge in [-0.25, -0.2) is 0 Å². The van der Waals surface area contributed by atoms with Crippen LogP contribution in [0.4, 0.5) is 0 Å². The van der Waals surface area contributed by atoms with Crippen molar-refractivity contribution in [2.45, 2.75) is 27.7 Å². The zero-order chi connectivity index (χ0) is 13.8. The highest BCUT2D eigenvalue weighted by atomic mass is 16.7. The van der Waals surface area contributed by atoms with E-state index >= 15 is 0 Å². The molecule has 0 saturated carbocycles. The van der Waals surface area contributed by atoms with Gasteiger partial charge in [0, 0.05) is 0 Å². The van der Waals surface area contributed by atoms with Crippen LogP contribution >= 0.6 is 0 Å². The normalized spacial score (nSPS) is 10.3. The van der Waals surface area contributed by atoms with Gasteiger partial charge in [-0.1, -0.05) is 35.4 Å². The predicted molar refractivity (Wildman–Crippen MR) is 78.0 cm³/mol. The van der Waals surface area contributed by atoms with E-state index in [0.717, 1.165) is 22.6 Å². The Morgan fingerprint density at radius 1 is 0.684 bits per heavy atom. The van der Waals surface area contributed by atoms with E-state index in [1.54, 1.807) is 0 Å². The zero-order valence-electron chi connectivity index (χ0n) is 12.0. The molecule has 0 aromatic heterocycles. The van der Waals surface area contributed by atoms with Crippen LogP contribution in [0, 0.1) is 27.7 Å². The minimum Gasteiger partial charge on any atom is -0.457 e. The van der Waals surface area contributed by atoms with Crippen LogP contribution in [0.25, 0.3) is 0 Å². The van der Waals surface area contributed by atoms with E-state index in [4.69, 9.17) is 9.47 Å². The largest absolute Gasteiger partial charge is 0.457 e. The molecule has 100 valence electrons. The fourth-order valence-corrected chi connectivity index (χ4v) is 2.08. The van der Waals surface area contributed by atoms with Gasteiger partial charge in [-0.15, -0.1) is 0 Å². The molecule has 2 heteroatoms. The van der Waals surface area contributed by atoms with Crippen molar-refractivity contribution in [3.05, 3.63) is 58.7 Å². The monoisotopic (exact) mass is 256 g/mol. The van der Waals surface area contributed by atoms with E-state index in [-0.39, 0.29) is 6.79 Å². The van der Waals surface area contributed by atoms with Crippen molar-refractivity contribution >= 4 is 0 Å². The van der Waals surface area contributed by atoms with E-state index in [1.807, 2.05) is 38.1 Å². The second-order valence-electron chi connectivity index (χ2n) is 4.94. The van der Waals surface area contributed by atoms with Crippen LogP contribution in [-0.2, 0) is 0 Å². The van der Waals surface area contributed by atoms with Gasteiger partial charge in [-0.3, -0.25) is 0 Å². The Balaban J connectivity index is 1.96. The summed E-state index contributed by atoms with van der Waals surface area (Å²) in [4.78, 5) is 0. The lowest BCUT2D eigenvalue weighted by atomic mass is 10.1. The summed E-state index contributed by atoms with van der Waals surface area (Å²) in [6.07, 6.45) is 0. The maximum Gasteiger partial charge on any atom is 0.230 e. The Bertz CT molecular complexity index is 522. The van der Waals surface area contributed by atoms with E-state index < -0.39 is 0 Å². The Kier molecular flexibility index (Phi) is 4.10. The molecule has 2 aromatic carbocycles. The topological polar surface area (TPSA) is 18.5 Å². The molecule has 0 aliphatic carbocycles. The maximum absolute atomic E-state index is 5.66. The van der Waals surface area contributed by atoms with Crippen LogP contribution in [0.1, 0.15) is 22.3 Å². The number of hydrogen-bond acceptors (Lipinski definition) is 2. The molecule has 0 fully saturated rings. The minimum atomic E-state index is 0.230. The molecule has 2 nitrogen and oxygen atoms in total. The summed E-state index contributed by atoms with van der Waals surface area (Å²) in [5, 5.41) is 0. The highest BCUT2D eigenvalue weighted by Crippen LogP contribution is 2.21. The second kappa shape index (κ2) is 5.79. The molecule has 0 N–H and O–H groups in total. The third-order valence-corrected chi connectivity index (χ3v) is 3.09. The highest BCUT2D eigenvalue weighted by Gasteiger charge is 2.02. The summed E-state index contributed by atoms with van der Waals surface area (Å²) in [5.41, 5.74) is 4.73. The van der Waals surface area contributed by atoms with Gasteiger partial charge in [0.25, 0.3) is 0 Å². The van der Waals surface area contributed by atoms with Gasteiger partial charge in [0.05, 0.1) is 0 Å². The molecule has 2 rings (SSSR count). The van der Waals surface area contributed by atoms with Gasteiger partial charge >= 0.3 is 0 Å². The number of aryl methyl sites for hydroxylation is 4. The van der Waals surface area contributed by atoms with E-state index in [1.165, 1.54) is 11.1 Å². The fourth-order valence-electron chi connectivity index (χ4n) is 2.08. The molecule has 0 radical (unpaired) electrons. The van der Waals surface area contributed by atoms with Crippen LogP contribution in [0.5, 0.6) is 11.5 Å². The molecule has 0 aliphatic rings. The number of hydrogen-bond donors (Lipinski definition) is 0. The molecule has 0 amide bonds. The Morgan fingerprint density at radius 2 is 1.11 bits per heavy atom. The van der Waals surface area contributed by atoms with Crippen LogP contribution in [0.15, 0.2) is 36.4 Å². The van der Waals surface area contributed by atoms with Crippen LogP contribution in [0.2, 0.25) is 0 Å². The van der Waals surface area contributed by atoms with Crippen molar-refractivity contribution in [2.24, 2.45) is 0 Å². The van der Waals surface area contributed by atoms with Crippen molar-refractivity contribution < 1.29 is 9.47 Å². The van der Waals surface area contributed by atoms with Gasteiger partial charge in [-0.05, 0) is 51.0 Å². The first-order chi connectivity index (χ1) is 9.06. The van der Waals surface area contributed by atoms with Gasteiger partial charge in [0.15, 0.2) is 0 Å². The number of rotatable bonds is 4. The van der Waals surface area contributed by atoms with Gasteiger partial charge in [0.2, 0.25) is 6.79 Å². The predicted octanol–water partition coefficient (Wildman–Crippen LogP) is 4.34. The zero-order valence-corrected chi connectivity index (χ0v) is 12.0. The molecule has 0 spiro atoms. The third-order valence-electron chi connectivity index (χ3n) is 3.09. The van der Waals surface area contributed by atoms with Crippen LogP contribution < -0.4 is 9.47 Å². The van der Waals surface area contributed by atoms with E-state index in [2.05, 4.69) is 26.0 Å². The maximum atomic E-state index is 5.66. The molecule has 0 atom stereocenters. The molecule has 0 aliphatic heterocycles. The van der Waals surface area contributed by atoms with Crippen molar-refractivity contribution in [1.29, 1.82) is 0 Å². The third kappa shape index (κ3) is 3.50. The van der Waals surface area contributed by atoms with E-state index in [9.17, 15) is 0 Å². The molecular weight excluding hydrogens is 236 g/mol. The summed E-state index contributed by atoms with van der Waals surface area (Å²) >= 11 is 0. The standard InChI is InChI=1S/C17H20O2/c1-12-5-7-16(14(3)9-12)18-11-19-17-8-6-13(2)10-15(17)4/h5-10H,11H2,1-4H3. The molecule has 0 unspecified atom stereocenters. The lowest BCUT2D eigenvalue weighted by molar-refractivity contribution is 0.118. The number of benzene rings is 2. The summed E-state index contributed by atoms with van der Waals surface area (Å²) in [6, 6.07) is 12.3. The van der Waals surface area contributed by atoms with E-state index in [0.29, 0.717) is 0 Å². The molecular formula is C17H20O2. The first-order valence-electron chi connectivity index (χ1n) is 6.46. The van der Waals surface area contributed by atoms with Gasteiger partial charge in [-0.2, -0.15) is 0 Å². The molecule has 19 heavy (non-hydrogen) atoms. The van der Waals surface area contributed by atoms with Crippen molar-refractivity contribution in [1.82, 2.24) is 0 Å². The minimum absolute atomic E-state index is 0.230. The SMILES string of the molecule is Cc1ccc(OCOc2ccc(C)cc2C)c(C)c1. The smallest absolute Gasteiger partial charge is 0.230 e. The molecule has 0 saturated heterocycles. The van der Waals surface area contributed by atoms with Gasteiger partial charge < -0.3 is 9.47 Å². The lowest BCUT2D eigenvalue weighted by Gasteiger charge is -2.12. The highest BCUT2D eigenvalue weighted by molar-refractivity contribution is 5.37. The number of ether oxygens (including phenoxy) is 2. The fraction of sp³-hybridized carbons (Fsp3) is 0.294. The van der Waals surface area contributed by atoms with Crippen molar-refractivity contribution in [2.75, 3.05) is 6.79 Å². The second-order valence-corrected chi connectivity index (χ2v) is 4.94. The average molecular weight is 256 g/mol. The Morgan fingerprint density at radius 3 is 1.47 bits per heavy atom. The summed E-state index contributed by atoms with van der Waals surface area (Å²) in [7, 11) is 0. The molecule has 0 heterocycles. The molecule has 0 bridgehead atoms. The average Bonchev–Trinajstić information content (AvgIpc) is 2.34. The van der Waals surface area contributed by atoms with Crippen LogP contribution in [-0.4, -0.2) is 6.79 Å². The lowest BCUT2D eigenvalue weighted by Crippen LogP contribution is -2.07. The van der Waals surface area contributed by atoms with Crippen LogP contribution in [0.3, 0.4) is 0 Å². The quantitative estimate of drug-likeness (QED) is 0.758. The first kappa shape index (κ1) is 13.5. The van der Waals surface area contributed by atoms with Gasteiger partial charge in [0.1, 0.15) is 11.5 Å².